The molecule has 0 bridgehead atoms. The van der Waals surface area contributed by atoms with Crippen LogP contribution in [0.3, 0.4) is 0 Å². The van der Waals surface area contributed by atoms with Crippen molar-refractivity contribution in [2.75, 3.05) is 11.9 Å². The highest BCUT2D eigenvalue weighted by Crippen LogP contribution is 1.98. The van der Waals surface area contributed by atoms with Crippen LogP contribution in [0.2, 0.25) is 0 Å². The largest absolute Gasteiger partial charge is 0.351 e. The van der Waals surface area contributed by atoms with Gasteiger partial charge in [0.15, 0.2) is 0 Å². The highest BCUT2D eigenvalue weighted by molar-refractivity contribution is 9.09. The normalized spacial score (nSPS) is 10.0. The first-order chi connectivity index (χ1) is 7.24. The van der Waals surface area contributed by atoms with Gasteiger partial charge in [0.05, 0.1) is 0 Å². The summed E-state index contributed by atoms with van der Waals surface area (Å²) in [6.45, 7) is 2.58. The van der Waals surface area contributed by atoms with Crippen LogP contribution < -0.4 is 5.32 Å². The van der Waals surface area contributed by atoms with Crippen LogP contribution in [0.1, 0.15) is 29.0 Å². The summed E-state index contributed by atoms with van der Waals surface area (Å²) in [4.78, 5) is 15.7. The lowest BCUT2D eigenvalue weighted by atomic mass is 10.3. The third-order valence-corrected chi connectivity index (χ3v) is 2.53. The van der Waals surface area contributed by atoms with E-state index in [-0.39, 0.29) is 5.91 Å². The fourth-order valence-electron chi connectivity index (χ4n) is 1.18. The summed E-state index contributed by atoms with van der Waals surface area (Å²) in [5.41, 5.74) is 1.36. The molecule has 4 heteroatoms. The van der Waals surface area contributed by atoms with E-state index in [1.165, 1.54) is 0 Å². The number of amides is 1. The van der Waals surface area contributed by atoms with E-state index >= 15 is 0 Å². The van der Waals surface area contributed by atoms with Crippen molar-refractivity contribution in [3.05, 3.63) is 29.6 Å². The molecule has 1 heterocycles. The zero-order valence-corrected chi connectivity index (χ0v) is 10.4. The van der Waals surface area contributed by atoms with Crippen LogP contribution in [0.25, 0.3) is 0 Å². The van der Waals surface area contributed by atoms with E-state index in [0.717, 1.165) is 23.9 Å². The minimum absolute atomic E-state index is 0.0896. The maximum atomic E-state index is 11.6. The van der Waals surface area contributed by atoms with Gasteiger partial charge in [0.25, 0.3) is 5.91 Å². The molecule has 1 aromatic rings. The average Bonchev–Trinajstić information content (AvgIpc) is 2.24. The van der Waals surface area contributed by atoms with Crippen LogP contribution in [-0.2, 0) is 0 Å². The molecule has 0 aliphatic carbocycles. The first-order valence-electron chi connectivity index (χ1n) is 5.02. The molecule has 3 nitrogen and oxygen atoms in total. The van der Waals surface area contributed by atoms with Gasteiger partial charge in [-0.2, -0.15) is 0 Å². The number of aromatic nitrogens is 1. The molecule has 1 rings (SSSR count). The predicted octanol–water partition coefficient (Wildman–Crippen LogP) is 2.29. The van der Waals surface area contributed by atoms with Crippen LogP contribution in [0.5, 0.6) is 0 Å². The zero-order valence-electron chi connectivity index (χ0n) is 8.79. The van der Waals surface area contributed by atoms with Gasteiger partial charge in [-0.05, 0) is 31.9 Å². The van der Waals surface area contributed by atoms with Gasteiger partial charge >= 0.3 is 0 Å². The molecule has 1 N–H and O–H groups in total. The molecule has 0 aliphatic heterocycles. The number of halogens is 1. The van der Waals surface area contributed by atoms with Crippen molar-refractivity contribution in [2.45, 2.75) is 19.8 Å². The molecule has 0 fully saturated rings. The second-order valence-electron chi connectivity index (χ2n) is 3.32. The number of pyridine rings is 1. The minimum atomic E-state index is -0.0896. The van der Waals surface area contributed by atoms with Gasteiger partial charge in [-0.15, -0.1) is 0 Å². The molecule has 0 unspecified atom stereocenters. The maximum Gasteiger partial charge on any atom is 0.269 e. The van der Waals surface area contributed by atoms with E-state index in [9.17, 15) is 4.79 Å². The highest BCUT2D eigenvalue weighted by atomic mass is 79.9. The Bertz CT molecular complexity index is 328. The lowest BCUT2D eigenvalue weighted by Crippen LogP contribution is -2.25. The van der Waals surface area contributed by atoms with Crippen molar-refractivity contribution in [3.8, 4) is 0 Å². The Morgan fingerprint density at radius 3 is 2.93 bits per heavy atom. The van der Waals surface area contributed by atoms with Crippen molar-refractivity contribution in [1.82, 2.24) is 10.3 Å². The van der Waals surface area contributed by atoms with E-state index in [1.54, 1.807) is 6.07 Å². The Balaban J connectivity index is 2.40. The predicted molar refractivity (Wildman–Crippen MR) is 64.3 cm³/mol. The summed E-state index contributed by atoms with van der Waals surface area (Å²) in [5, 5.41) is 3.82. The van der Waals surface area contributed by atoms with Gasteiger partial charge < -0.3 is 5.32 Å². The minimum Gasteiger partial charge on any atom is -0.351 e. The Kier molecular flexibility index (Phi) is 5.32. The monoisotopic (exact) mass is 270 g/mol. The quantitative estimate of drug-likeness (QED) is 0.659. The molecule has 1 aromatic heterocycles. The molecule has 0 aromatic carbocycles. The summed E-state index contributed by atoms with van der Waals surface area (Å²) in [6, 6.07) is 5.45. The third-order valence-electron chi connectivity index (χ3n) is 1.97. The summed E-state index contributed by atoms with van der Waals surface area (Å²) >= 11 is 3.35. The van der Waals surface area contributed by atoms with Gasteiger partial charge in [-0.3, -0.25) is 4.79 Å². The number of carbonyl (C=O) groups excluding carboxylic acids is 1. The molecule has 0 saturated heterocycles. The zero-order chi connectivity index (χ0) is 11.1. The standard InChI is InChI=1S/C11H15BrN2O/c1-9-5-4-6-10(14-9)11(15)13-8-3-2-7-12/h4-6H,2-3,7-8H2,1H3,(H,13,15). The average molecular weight is 271 g/mol. The van der Waals surface area contributed by atoms with E-state index in [2.05, 4.69) is 26.2 Å². The number of alkyl halides is 1. The molecule has 82 valence electrons. The number of aryl methyl sites for hydroxylation is 1. The maximum absolute atomic E-state index is 11.6. The number of nitrogens with one attached hydrogen (secondary N) is 1. The van der Waals surface area contributed by atoms with Gasteiger partial charge in [0, 0.05) is 17.6 Å². The topological polar surface area (TPSA) is 42.0 Å². The van der Waals surface area contributed by atoms with E-state index in [0.29, 0.717) is 12.2 Å². The van der Waals surface area contributed by atoms with Gasteiger partial charge in [0.1, 0.15) is 5.69 Å². The Labute approximate surface area is 98.4 Å². The smallest absolute Gasteiger partial charge is 0.269 e. The van der Waals surface area contributed by atoms with Crippen molar-refractivity contribution < 1.29 is 4.79 Å². The third kappa shape index (κ3) is 4.42. The van der Waals surface area contributed by atoms with Gasteiger partial charge in [-0.1, -0.05) is 22.0 Å². The van der Waals surface area contributed by atoms with Crippen LogP contribution in [-0.4, -0.2) is 22.8 Å². The van der Waals surface area contributed by atoms with Crippen LogP contribution >= 0.6 is 15.9 Å². The van der Waals surface area contributed by atoms with E-state index in [1.807, 2.05) is 19.1 Å². The van der Waals surface area contributed by atoms with Crippen LogP contribution in [0.4, 0.5) is 0 Å². The number of hydrogen-bond donors (Lipinski definition) is 1. The van der Waals surface area contributed by atoms with Gasteiger partial charge in [-0.25, -0.2) is 4.98 Å². The molecular formula is C11H15BrN2O. The fourth-order valence-corrected chi connectivity index (χ4v) is 1.58. The Morgan fingerprint density at radius 1 is 1.47 bits per heavy atom. The van der Waals surface area contributed by atoms with Crippen LogP contribution in [0.15, 0.2) is 18.2 Å². The summed E-state index contributed by atoms with van der Waals surface area (Å²) in [7, 11) is 0. The SMILES string of the molecule is Cc1cccc(C(=O)NCCCCBr)n1. The number of hydrogen-bond acceptors (Lipinski definition) is 2. The second-order valence-corrected chi connectivity index (χ2v) is 4.11. The van der Waals surface area contributed by atoms with Crippen LogP contribution in [0, 0.1) is 6.92 Å². The molecule has 0 aliphatic rings. The molecule has 15 heavy (non-hydrogen) atoms. The van der Waals surface area contributed by atoms with Crippen molar-refractivity contribution in [1.29, 1.82) is 0 Å². The molecular weight excluding hydrogens is 256 g/mol. The fraction of sp³-hybridized carbons (Fsp3) is 0.455. The van der Waals surface area contributed by atoms with E-state index < -0.39 is 0 Å². The molecule has 1 amide bonds. The molecule has 0 saturated carbocycles. The number of rotatable bonds is 5. The van der Waals surface area contributed by atoms with E-state index in [4.69, 9.17) is 0 Å². The van der Waals surface area contributed by atoms with Crippen molar-refractivity contribution >= 4 is 21.8 Å². The summed E-state index contributed by atoms with van der Waals surface area (Å²) in [6.07, 6.45) is 2.06. The Hall–Kier alpha value is -0.900. The number of nitrogens with zero attached hydrogens (tertiary/aromatic N) is 1. The lowest BCUT2D eigenvalue weighted by Gasteiger charge is -2.04. The summed E-state index contributed by atoms with van der Waals surface area (Å²) in [5.74, 6) is -0.0896. The number of carbonyl (C=O) groups is 1. The first-order valence-corrected chi connectivity index (χ1v) is 6.14. The lowest BCUT2D eigenvalue weighted by molar-refractivity contribution is 0.0948. The van der Waals surface area contributed by atoms with Crippen molar-refractivity contribution in [3.63, 3.8) is 0 Å². The molecule has 0 spiro atoms. The number of unbranched alkanes of at least 4 members (excludes halogenated alkanes) is 1. The highest BCUT2D eigenvalue weighted by Gasteiger charge is 2.05. The van der Waals surface area contributed by atoms with Gasteiger partial charge in [0.2, 0.25) is 0 Å². The van der Waals surface area contributed by atoms with Crippen molar-refractivity contribution in [2.24, 2.45) is 0 Å². The Morgan fingerprint density at radius 2 is 2.27 bits per heavy atom. The second kappa shape index (κ2) is 6.56. The summed E-state index contributed by atoms with van der Waals surface area (Å²) < 4.78 is 0. The molecule has 0 atom stereocenters. The molecule has 0 radical (unpaired) electrons. The first kappa shape index (κ1) is 12.2.